The van der Waals surface area contributed by atoms with E-state index in [9.17, 15) is 4.79 Å². The molecule has 0 unspecified atom stereocenters. The minimum atomic E-state index is -0.0677. The maximum Gasteiger partial charge on any atom is 0.236 e. The summed E-state index contributed by atoms with van der Waals surface area (Å²) < 4.78 is 11.1. The fraction of sp³-hybridized carbons (Fsp3) is 0.158. The minimum Gasteiger partial charge on any atom is -0.486 e. The van der Waals surface area contributed by atoms with Crippen LogP contribution in [0.5, 0.6) is 11.5 Å². The van der Waals surface area contributed by atoms with E-state index in [2.05, 4.69) is 10.3 Å². The Morgan fingerprint density at radius 1 is 1.12 bits per heavy atom. The van der Waals surface area contributed by atoms with E-state index in [-0.39, 0.29) is 5.91 Å². The normalized spacial score (nSPS) is 12.6. The number of hydrogen-bond donors (Lipinski definition) is 1. The van der Waals surface area contributed by atoms with Gasteiger partial charge in [0.1, 0.15) is 13.2 Å². The van der Waals surface area contributed by atoms with Crippen LogP contribution in [-0.4, -0.2) is 29.9 Å². The number of nitrogens with one attached hydrogen (secondary N) is 1. The van der Waals surface area contributed by atoms with Crippen LogP contribution in [0.3, 0.4) is 0 Å². The van der Waals surface area contributed by atoms with E-state index in [1.807, 2.05) is 53.9 Å². The molecule has 0 saturated carbocycles. The van der Waals surface area contributed by atoms with Gasteiger partial charge in [-0.2, -0.15) is 0 Å². The first kappa shape index (κ1) is 16.9. The van der Waals surface area contributed by atoms with Crippen LogP contribution < -0.4 is 14.8 Å². The molecule has 1 amide bonds. The van der Waals surface area contributed by atoms with Gasteiger partial charge in [-0.3, -0.25) is 4.79 Å². The fourth-order valence-corrected chi connectivity index (χ4v) is 3.94. The molecular formula is C19H16N2O3S2. The second-order valence-electron chi connectivity index (χ2n) is 5.55. The predicted molar refractivity (Wildman–Crippen MR) is 104 cm³/mol. The van der Waals surface area contributed by atoms with Crippen LogP contribution >= 0.6 is 23.1 Å². The van der Waals surface area contributed by atoms with Crippen LogP contribution in [0.2, 0.25) is 0 Å². The SMILES string of the molecule is O=C(CSc1ccccc1)Nc1nc(-c2ccc3c(c2)OCCO3)cs1. The fourth-order valence-electron chi connectivity index (χ4n) is 2.49. The van der Waals surface area contributed by atoms with Gasteiger partial charge >= 0.3 is 0 Å². The molecule has 0 fully saturated rings. The van der Waals surface area contributed by atoms with Crippen molar-refractivity contribution in [2.75, 3.05) is 24.3 Å². The predicted octanol–water partition coefficient (Wildman–Crippen LogP) is 4.31. The molecule has 0 saturated heterocycles. The molecule has 0 atom stereocenters. The Balaban J connectivity index is 1.39. The van der Waals surface area contributed by atoms with E-state index >= 15 is 0 Å². The average Bonchev–Trinajstić information content (AvgIpc) is 3.15. The number of ether oxygens (including phenoxy) is 2. The monoisotopic (exact) mass is 384 g/mol. The maximum absolute atomic E-state index is 12.1. The van der Waals surface area contributed by atoms with Gasteiger partial charge in [0.15, 0.2) is 16.6 Å². The Bertz CT molecular complexity index is 912. The van der Waals surface area contributed by atoms with Gasteiger partial charge in [0, 0.05) is 15.8 Å². The minimum absolute atomic E-state index is 0.0677. The molecule has 0 spiro atoms. The van der Waals surface area contributed by atoms with Crippen LogP contribution in [-0.2, 0) is 4.79 Å². The highest BCUT2D eigenvalue weighted by atomic mass is 32.2. The van der Waals surface area contributed by atoms with Crippen molar-refractivity contribution >= 4 is 34.1 Å². The zero-order chi connectivity index (χ0) is 17.8. The standard InChI is InChI=1S/C19H16N2O3S2/c22-18(12-25-14-4-2-1-3-5-14)21-19-20-15(11-26-19)13-6-7-16-17(10-13)24-9-8-23-16/h1-7,10-11H,8-9,12H2,(H,20,21,22). The van der Waals surface area contributed by atoms with Crippen molar-refractivity contribution in [2.45, 2.75) is 4.90 Å². The molecule has 0 aliphatic carbocycles. The van der Waals surface area contributed by atoms with Crippen LogP contribution in [0, 0.1) is 0 Å². The highest BCUT2D eigenvalue weighted by Gasteiger charge is 2.14. The number of thioether (sulfide) groups is 1. The van der Waals surface area contributed by atoms with E-state index in [0.717, 1.165) is 27.7 Å². The van der Waals surface area contributed by atoms with Crippen molar-refractivity contribution in [1.29, 1.82) is 0 Å². The number of anilines is 1. The second-order valence-corrected chi connectivity index (χ2v) is 7.45. The Morgan fingerprint density at radius 2 is 1.92 bits per heavy atom. The van der Waals surface area contributed by atoms with Gasteiger partial charge in [-0.25, -0.2) is 4.98 Å². The topological polar surface area (TPSA) is 60.5 Å². The number of amides is 1. The van der Waals surface area contributed by atoms with E-state index in [0.29, 0.717) is 24.1 Å². The first-order valence-electron chi connectivity index (χ1n) is 8.11. The van der Waals surface area contributed by atoms with Gasteiger partial charge in [-0.15, -0.1) is 23.1 Å². The number of benzene rings is 2. The van der Waals surface area contributed by atoms with Crippen molar-refractivity contribution in [3.63, 3.8) is 0 Å². The summed E-state index contributed by atoms with van der Waals surface area (Å²) >= 11 is 2.91. The summed E-state index contributed by atoms with van der Waals surface area (Å²) in [5.74, 6) is 1.76. The van der Waals surface area contributed by atoms with Crippen LogP contribution in [0.15, 0.2) is 58.8 Å². The number of fused-ring (bicyclic) bond motifs is 1. The quantitative estimate of drug-likeness (QED) is 0.664. The number of hydrogen-bond acceptors (Lipinski definition) is 6. The first-order chi connectivity index (χ1) is 12.8. The molecule has 1 N–H and O–H groups in total. The van der Waals surface area contributed by atoms with Gasteiger partial charge < -0.3 is 14.8 Å². The first-order valence-corrected chi connectivity index (χ1v) is 9.98. The number of carbonyl (C=O) groups is 1. The molecular weight excluding hydrogens is 368 g/mol. The van der Waals surface area contributed by atoms with Crippen LogP contribution in [0.1, 0.15) is 0 Å². The van der Waals surface area contributed by atoms with Gasteiger partial charge in [0.25, 0.3) is 0 Å². The number of nitrogens with zero attached hydrogens (tertiary/aromatic N) is 1. The smallest absolute Gasteiger partial charge is 0.236 e. The van der Waals surface area contributed by atoms with Crippen LogP contribution in [0.4, 0.5) is 5.13 Å². The molecule has 5 nitrogen and oxygen atoms in total. The molecule has 3 aromatic rings. The highest BCUT2D eigenvalue weighted by molar-refractivity contribution is 8.00. The van der Waals surface area contributed by atoms with Gasteiger partial charge in [0.05, 0.1) is 11.4 Å². The molecule has 26 heavy (non-hydrogen) atoms. The largest absolute Gasteiger partial charge is 0.486 e. The van der Waals surface area contributed by atoms with Crippen molar-refractivity contribution < 1.29 is 14.3 Å². The second kappa shape index (κ2) is 7.80. The van der Waals surface area contributed by atoms with Crippen molar-refractivity contribution in [2.24, 2.45) is 0 Å². The molecule has 0 bridgehead atoms. The number of rotatable bonds is 5. The molecule has 1 aliphatic heterocycles. The summed E-state index contributed by atoms with van der Waals surface area (Å²) in [6.07, 6.45) is 0. The Hall–Kier alpha value is -2.51. The lowest BCUT2D eigenvalue weighted by Crippen LogP contribution is -2.15. The average molecular weight is 384 g/mol. The Labute approximate surface area is 159 Å². The summed E-state index contributed by atoms with van der Waals surface area (Å²) in [4.78, 5) is 17.7. The number of aromatic nitrogens is 1. The third-order valence-electron chi connectivity index (χ3n) is 3.70. The molecule has 132 valence electrons. The van der Waals surface area contributed by atoms with E-state index in [1.54, 1.807) is 0 Å². The highest BCUT2D eigenvalue weighted by Crippen LogP contribution is 2.35. The Morgan fingerprint density at radius 3 is 2.77 bits per heavy atom. The summed E-state index contributed by atoms with van der Waals surface area (Å²) in [5.41, 5.74) is 1.74. The third-order valence-corrected chi connectivity index (χ3v) is 5.47. The molecule has 2 aromatic carbocycles. The summed E-state index contributed by atoms with van der Waals surface area (Å²) in [5, 5.41) is 5.37. The molecule has 0 radical (unpaired) electrons. The maximum atomic E-state index is 12.1. The summed E-state index contributed by atoms with van der Waals surface area (Å²) in [6.45, 7) is 1.12. The van der Waals surface area contributed by atoms with Crippen molar-refractivity contribution in [3.8, 4) is 22.8 Å². The third kappa shape index (κ3) is 4.00. The van der Waals surface area contributed by atoms with Gasteiger partial charge in [-0.05, 0) is 30.3 Å². The molecule has 1 aromatic heterocycles. The van der Waals surface area contributed by atoms with Crippen molar-refractivity contribution in [3.05, 3.63) is 53.9 Å². The molecule has 7 heteroatoms. The molecule has 2 heterocycles. The van der Waals surface area contributed by atoms with Crippen LogP contribution in [0.25, 0.3) is 11.3 Å². The lowest BCUT2D eigenvalue weighted by atomic mass is 10.1. The lowest BCUT2D eigenvalue weighted by Gasteiger charge is -2.18. The summed E-state index contributed by atoms with van der Waals surface area (Å²) in [7, 11) is 0. The molecule has 1 aliphatic rings. The van der Waals surface area contributed by atoms with E-state index < -0.39 is 0 Å². The Kier molecular flexibility index (Phi) is 5.08. The molecule has 4 rings (SSSR count). The van der Waals surface area contributed by atoms with E-state index in [4.69, 9.17) is 9.47 Å². The number of thiazole rings is 1. The van der Waals surface area contributed by atoms with Crippen molar-refractivity contribution in [1.82, 2.24) is 4.98 Å². The number of carbonyl (C=O) groups excluding carboxylic acids is 1. The van der Waals surface area contributed by atoms with E-state index in [1.165, 1.54) is 23.1 Å². The van der Waals surface area contributed by atoms with Gasteiger partial charge in [-0.1, -0.05) is 18.2 Å². The zero-order valence-electron chi connectivity index (χ0n) is 13.8. The zero-order valence-corrected chi connectivity index (χ0v) is 15.4. The summed E-state index contributed by atoms with van der Waals surface area (Å²) in [6, 6.07) is 15.6. The lowest BCUT2D eigenvalue weighted by molar-refractivity contribution is -0.113. The van der Waals surface area contributed by atoms with Gasteiger partial charge in [0.2, 0.25) is 5.91 Å².